The van der Waals surface area contributed by atoms with Gasteiger partial charge in [-0.3, -0.25) is 9.59 Å². The maximum atomic E-state index is 12.7. The van der Waals surface area contributed by atoms with Gasteiger partial charge in [-0.1, -0.05) is 25.1 Å². The Balaban J connectivity index is 1.63. The minimum atomic E-state index is -0.196. The molecule has 0 aliphatic rings. The number of carbonyl (C=O) groups is 2. The van der Waals surface area contributed by atoms with E-state index in [1.807, 2.05) is 41.8 Å². The summed E-state index contributed by atoms with van der Waals surface area (Å²) in [6.07, 6.45) is 0.643. The lowest BCUT2D eigenvalue weighted by Crippen LogP contribution is -2.19. The van der Waals surface area contributed by atoms with Crippen molar-refractivity contribution in [2.75, 3.05) is 5.32 Å². The van der Waals surface area contributed by atoms with Crippen LogP contribution in [-0.2, 0) is 17.8 Å². The van der Waals surface area contributed by atoms with Gasteiger partial charge in [-0.15, -0.1) is 10.2 Å². The van der Waals surface area contributed by atoms with Gasteiger partial charge in [0.15, 0.2) is 5.78 Å². The first-order valence-corrected chi connectivity index (χ1v) is 9.37. The summed E-state index contributed by atoms with van der Waals surface area (Å²) in [5, 5.41) is 12.0. The summed E-state index contributed by atoms with van der Waals surface area (Å²) in [6, 6.07) is 16.6. The zero-order valence-corrected chi connectivity index (χ0v) is 16.2. The molecule has 0 aliphatic carbocycles. The van der Waals surface area contributed by atoms with Crippen LogP contribution in [0.15, 0.2) is 59.0 Å². The zero-order chi connectivity index (χ0) is 20.4. The predicted octanol–water partition coefficient (Wildman–Crippen LogP) is 4.10. The summed E-state index contributed by atoms with van der Waals surface area (Å²) in [5.41, 5.74) is 2.83. The van der Waals surface area contributed by atoms with E-state index in [9.17, 15) is 9.59 Å². The number of nitrogens with one attached hydrogen (secondary N) is 1. The van der Waals surface area contributed by atoms with Crippen molar-refractivity contribution in [3.63, 3.8) is 0 Å². The van der Waals surface area contributed by atoms with Gasteiger partial charge >= 0.3 is 0 Å². The molecular formula is C22H20N4O3. The molecule has 146 valence electrons. The number of anilines is 1. The third-order valence-electron chi connectivity index (χ3n) is 4.68. The Labute approximate surface area is 167 Å². The van der Waals surface area contributed by atoms with Crippen molar-refractivity contribution in [1.29, 1.82) is 0 Å². The van der Waals surface area contributed by atoms with E-state index in [0.29, 0.717) is 35.1 Å². The molecule has 2 aromatic heterocycles. The lowest BCUT2D eigenvalue weighted by molar-refractivity contribution is -0.116. The molecule has 0 spiro atoms. The Morgan fingerprint density at radius 2 is 1.83 bits per heavy atom. The number of fused-ring (bicyclic) bond motifs is 1. The highest BCUT2D eigenvalue weighted by Gasteiger charge is 2.18. The molecule has 0 atom stereocenters. The van der Waals surface area contributed by atoms with Crippen LogP contribution >= 0.6 is 0 Å². The van der Waals surface area contributed by atoms with Crippen molar-refractivity contribution in [2.45, 2.75) is 26.8 Å². The number of hydrogen-bond donors (Lipinski definition) is 1. The quantitative estimate of drug-likeness (QED) is 0.502. The highest BCUT2D eigenvalue weighted by molar-refractivity contribution is 5.96. The molecule has 4 rings (SSSR count). The van der Waals surface area contributed by atoms with E-state index < -0.39 is 0 Å². The third-order valence-corrected chi connectivity index (χ3v) is 4.68. The molecule has 1 N–H and O–H groups in total. The van der Waals surface area contributed by atoms with E-state index in [-0.39, 0.29) is 18.2 Å². The number of aromatic nitrogens is 3. The van der Waals surface area contributed by atoms with Gasteiger partial charge in [-0.2, -0.15) is 0 Å². The van der Waals surface area contributed by atoms with Gasteiger partial charge in [0.2, 0.25) is 11.8 Å². The van der Waals surface area contributed by atoms with Crippen LogP contribution < -0.4 is 5.32 Å². The summed E-state index contributed by atoms with van der Waals surface area (Å²) in [5.74, 6) is 0.722. The van der Waals surface area contributed by atoms with Crippen molar-refractivity contribution in [2.24, 2.45) is 0 Å². The average Bonchev–Trinajstić information content (AvgIpc) is 3.33. The lowest BCUT2D eigenvalue weighted by atomic mass is 10.1. The Hall–Kier alpha value is -3.74. The monoisotopic (exact) mass is 388 g/mol. The maximum Gasteiger partial charge on any atom is 0.264 e. The lowest BCUT2D eigenvalue weighted by Gasteiger charge is -2.10. The van der Waals surface area contributed by atoms with E-state index in [2.05, 4.69) is 15.5 Å². The van der Waals surface area contributed by atoms with Crippen molar-refractivity contribution in [3.8, 4) is 11.6 Å². The zero-order valence-electron chi connectivity index (χ0n) is 16.2. The van der Waals surface area contributed by atoms with Gasteiger partial charge in [-0.05, 0) is 43.3 Å². The van der Waals surface area contributed by atoms with E-state index >= 15 is 0 Å². The Morgan fingerprint density at radius 1 is 1.07 bits per heavy atom. The summed E-state index contributed by atoms with van der Waals surface area (Å²) >= 11 is 0. The van der Waals surface area contributed by atoms with Crippen molar-refractivity contribution in [3.05, 3.63) is 66.1 Å². The molecule has 0 saturated heterocycles. The Morgan fingerprint density at radius 3 is 2.52 bits per heavy atom. The number of nitrogens with zero attached hydrogens (tertiary/aromatic N) is 3. The molecule has 0 saturated carbocycles. The van der Waals surface area contributed by atoms with Crippen molar-refractivity contribution in [1.82, 2.24) is 14.8 Å². The van der Waals surface area contributed by atoms with Gasteiger partial charge in [0.05, 0.1) is 0 Å². The van der Waals surface area contributed by atoms with Gasteiger partial charge < -0.3 is 14.3 Å². The van der Waals surface area contributed by atoms with E-state index in [1.165, 1.54) is 6.92 Å². The molecule has 0 aliphatic heterocycles. The van der Waals surface area contributed by atoms with Gasteiger partial charge in [0, 0.05) is 28.6 Å². The normalized spacial score (nSPS) is 11.0. The topological polar surface area (TPSA) is 90.0 Å². The van der Waals surface area contributed by atoms with Gasteiger partial charge in [-0.25, -0.2) is 0 Å². The van der Waals surface area contributed by atoms with Crippen LogP contribution in [0.3, 0.4) is 0 Å². The van der Waals surface area contributed by atoms with E-state index in [1.54, 1.807) is 24.3 Å². The SMILES string of the molecule is CCc1nnc(-c2cc3ccccc3n2CC(=O)Nc2ccc(C(C)=O)cc2)o1. The number of aryl methyl sites for hydroxylation is 1. The summed E-state index contributed by atoms with van der Waals surface area (Å²) in [6.45, 7) is 3.53. The number of Topliss-reactive ketones (excluding diaryl/α,β-unsaturated/α-hetero) is 1. The maximum absolute atomic E-state index is 12.7. The first-order valence-electron chi connectivity index (χ1n) is 9.37. The van der Waals surface area contributed by atoms with Crippen molar-refractivity contribution >= 4 is 28.3 Å². The number of ketones is 1. The van der Waals surface area contributed by atoms with Crippen LogP contribution in [0.25, 0.3) is 22.5 Å². The van der Waals surface area contributed by atoms with Gasteiger partial charge in [0.1, 0.15) is 12.2 Å². The Bertz CT molecular complexity index is 1190. The summed E-state index contributed by atoms with van der Waals surface area (Å²) in [7, 11) is 0. The second-order valence-electron chi connectivity index (χ2n) is 6.71. The highest BCUT2D eigenvalue weighted by Crippen LogP contribution is 2.27. The predicted molar refractivity (Wildman–Crippen MR) is 110 cm³/mol. The molecule has 2 heterocycles. The third kappa shape index (κ3) is 3.80. The molecule has 2 aromatic carbocycles. The molecule has 1 amide bonds. The molecule has 0 radical (unpaired) electrons. The average molecular weight is 388 g/mol. The smallest absolute Gasteiger partial charge is 0.264 e. The summed E-state index contributed by atoms with van der Waals surface area (Å²) < 4.78 is 7.58. The van der Waals surface area contributed by atoms with Crippen molar-refractivity contribution < 1.29 is 14.0 Å². The van der Waals surface area contributed by atoms with Crippen LogP contribution in [-0.4, -0.2) is 26.5 Å². The highest BCUT2D eigenvalue weighted by atomic mass is 16.4. The number of benzene rings is 2. The fourth-order valence-corrected chi connectivity index (χ4v) is 3.19. The number of hydrogen-bond acceptors (Lipinski definition) is 5. The van der Waals surface area contributed by atoms with Crippen LogP contribution in [0.4, 0.5) is 5.69 Å². The Kier molecular flexibility index (Phi) is 4.95. The van der Waals surface area contributed by atoms with Gasteiger partial charge in [0.25, 0.3) is 5.89 Å². The standard InChI is InChI=1S/C22H20N4O3/c1-3-21-24-25-22(29-21)19-12-16-6-4-5-7-18(16)26(19)13-20(28)23-17-10-8-15(9-11-17)14(2)27/h4-12H,3,13H2,1-2H3,(H,23,28). The molecular weight excluding hydrogens is 368 g/mol. The second-order valence-corrected chi connectivity index (χ2v) is 6.71. The fraction of sp³-hybridized carbons (Fsp3) is 0.182. The van der Waals surface area contributed by atoms with Crippen LogP contribution in [0, 0.1) is 0 Å². The molecule has 0 bridgehead atoms. The molecule has 7 nitrogen and oxygen atoms in total. The first kappa shape index (κ1) is 18.6. The van der Waals surface area contributed by atoms with Crippen LogP contribution in [0.1, 0.15) is 30.1 Å². The molecule has 0 fully saturated rings. The van der Waals surface area contributed by atoms with E-state index in [4.69, 9.17) is 4.42 Å². The van der Waals surface area contributed by atoms with Crippen LogP contribution in [0.2, 0.25) is 0 Å². The minimum absolute atomic E-state index is 0.0164. The minimum Gasteiger partial charge on any atom is -0.419 e. The van der Waals surface area contributed by atoms with E-state index in [0.717, 1.165) is 10.9 Å². The fourth-order valence-electron chi connectivity index (χ4n) is 3.19. The molecule has 7 heteroatoms. The first-order chi connectivity index (χ1) is 14.0. The number of carbonyl (C=O) groups excluding carboxylic acids is 2. The van der Waals surface area contributed by atoms with Crippen LogP contribution in [0.5, 0.6) is 0 Å². The molecule has 29 heavy (non-hydrogen) atoms. The number of rotatable bonds is 6. The molecule has 0 unspecified atom stereocenters. The largest absolute Gasteiger partial charge is 0.419 e. The summed E-state index contributed by atoms with van der Waals surface area (Å²) in [4.78, 5) is 24.1. The number of amides is 1. The second kappa shape index (κ2) is 7.71. The number of para-hydroxylation sites is 1. The molecule has 4 aromatic rings.